The summed E-state index contributed by atoms with van der Waals surface area (Å²) in [5.74, 6) is -0.342. The van der Waals surface area contributed by atoms with Crippen LogP contribution in [-0.2, 0) is 19.4 Å². The van der Waals surface area contributed by atoms with E-state index in [-0.39, 0.29) is 30.0 Å². The SMILES string of the molecule is CC(C)C1C(=O)NC(C)(C)C(=O)N1CCCS(C)(=O)=O. The Morgan fingerprint density at radius 2 is 1.85 bits per heavy atom. The van der Waals surface area contributed by atoms with Crippen molar-refractivity contribution >= 4 is 21.7 Å². The minimum atomic E-state index is -3.06. The molecule has 0 spiro atoms. The van der Waals surface area contributed by atoms with Crippen LogP contribution < -0.4 is 5.32 Å². The molecule has 0 aromatic heterocycles. The third-order valence-corrected chi connectivity index (χ3v) is 4.41. The standard InChI is InChI=1S/C13H24N2O4S/c1-9(2)10-11(16)14-13(3,4)12(17)15(10)7-6-8-20(5,18)19/h9-10H,6-8H2,1-5H3,(H,14,16). The fraction of sp³-hybridized carbons (Fsp3) is 0.846. The quantitative estimate of drug-likeness (QED) is 0.785. The van der Waals surface area contributed by atoms with E-state index in [4.69, 9.17) is 0 Å². The van der Waals surface area contributed by atoms with E-state index in [1.54, 1.807) is 13.8 Å². The fourth-order valence-electron chi connectivity index (χ4n) is 2.46. The van der Waals surface area contributed by atoms with Crippen LogP contribution in [0.1, 0.15) is 34.1 Å². The van der Waals surface area contributed by atoms with E-state index in [1.165, 1.54) is 11.2 Å². The Morgan fingerprint density at radius 3 is 2.30 bits per heavy atom. The van der Waals surface area contributed by atoms with E-state index in [2.05, 4.69) is 5.32 Å². The number of carbonyl (C=O) groups is 2. The molecular formula is C13H24N2O4S. The highest BCUT2D eigenvalue weighted by Gasteiger charge is 2.45. The molecule has 1 unspecified atom stereocenters. The van der Waals surface area contributed by atoms with Gasteiger partial charge in [-0.25, -0.2) is 8.42 Å². The number of carbonyl (C=O) groups excluding carboxylic acids is 2. The number of nitrogens with zero attached hydrogens (tertiary/aromatic N) is 1. The maximum atomic E-state index is 12.4. The smallest absolute Gasteiger partial charge is 0.248 e. The zero-order valence-corrected chi connectivity index (χ0v) is 13.6. The lowest BCUT2D eigenvalue weighted by Gasteiger charge is -2.44. The molecule has 1 fully saturated rings. The van der Waals surface area contributed by atoms with Gasteiger partial charge in [-0.15, -0.1) is 0 Å². The predicted molar refractivity (Wildman–Crippen MR) is 76.9 cm³/mol. The highest BCUT2D eigenvalue weighted by atomic mass is 32.2. The Balaban J connectivity index is 2.90. The molecule has 2 amide bonds. The Bertz CT molecular complexity index is 497. The highest BCUT2D eigenvalue weighted by Crippen LogP contribution is 2.22. The summed E-state index contributed by atoms with van der Waals surface area (Å²) >= 11 is 0. The van der Waals surface area contributed by atoms with Crippen molar-refractivity contribution in [3.05, 3.63) is 0 Å². The lowest BCUT2D eigenvalue weighted by atomic mass is 9.91. The molecular weight excluding hydrogens is 280 g/mol. The molecule has 1 rings (SSSR count). The number of nitrogens with one attached hydrogen (secondary N) is 1. The molecule has 1 aliphatic rings. The van der Waals surface area contributed by atoms with Gasteiger partial charge in [0.25, 0.3) is 0 Å². The molecule has 1 N–H and O–H groups in total. The van der Waals surface area contributed by atoms with Gasteiger partial charge in [-0.1, -0.05) is 13.8 Å². The number of piperazine rings is 1. The monoisotopic (exact) mass is 304 g/mol. The van der Waals surface area contributed by atoms with Gasteiger partial charge in [-0.2, -0.15) is 0 Å². The molecule has 0 aromatic carbocycles. The largest absolute Gasteiger partial charge is 0.340 e. The maximum absolute atomic E-state index is 12.4. The van der Waals surface area contributed by atoms with E-state index in [9.17, 15) is 18.0 Å². The van der Waals surface area contributed by atoms with Crippen molar-refractivity contribution in [2.45, 2.75) is 45.7 Å². The molecule has 1 aliphatic heterocycles. The molecule has 116 valence electrons. The molecule has 0 aromatic rings. The second-order valence-corrected chi connectivity index (χ2v) is 8.54. The Hall–Kier alpha value is -1.11. The average molecular weight is 304 g/mol. The average Bonchev–Trinajstić information content (AvgIpc) is 2.21. The van der Waals surface area contributed by atoms with E-state index in [1.807, 2.05) is 13.8 Å². The van der Waals surface area contributed by atoms with Crippen molar-refractivity contribution < 1.29 is 18.0 Å². The second kappa shape index (κ2) is 5.71. The van der Waals surface area contributed by atoms with Crippen LogP contribution in [0.3, 0.4) is 0 Å². The number of amides is 2. The summed E-state index contributed by atoms with van der Waals surface area (Å²) in [5, 5.41) is 2.73. The zero-order chi connectivity index (χ0) is 15.7. The fourth-order valence-corrected chi connectivity index (χ4v) is 3.12. The first-order valence-electron chi connectivity index (χ1n) is 6.76. The molecule has 0 radical (unpaired) electrons. The number of rotatable bonds is 5. The second-order valence-electron chi connectivity index (χ2n) is 6.29. The van der Waals surface area contributed by atoms with Crippen LogP contribution >= 0.6 is 0 Å². The van der Waals surface area contributed by atoms with Crippen LogP contribution in [0.15, 0.2) is 0 Å². The van der Waals surface area contributed by atoms with Crippen LogP contribution in [0, 0.1) is 5.92 Å². The molecule has 1 heterocycles. The van der Waals surface area contributed by atoms with Crippen molar-refractivity contribution in [3.8, 4) is 0 Å². The van der Waals surface area contributed by atoms with E-state index >= 15 is 0 Å². The zero-order valence-electron chi connectivity index (χ0n) is 12.8. The summed E-state index contributed by atoms with van der Waals surface area (Å²) in [7, 11) is -3.06. The lowest BCUT2D eigenvalue weighted by Crippen LogP contribution is -2.69. The Morgan fingerprint density at radius 1 is 1.30 bits per heavy atom. The third kappa shape index (κ3) is 3.94. The van der Waals surface area contributed by atoms with E-state index in [0.717, 1.165) is 0 Å². The Labute approximate surface area is 120 Å². The number of hydrogen-bond acceptors (Lipinski definition) is 4. The maximum Gasteiger partial charge on any atom is 0.248 e. The topological polar surface area (TPSA) is 83.6 Å². The third-order valence-electron chi connectivity index (χ3n) is 3.38. The van der Waals surface area contributed by atoms with Crippen molar-refractivity contribution in [2.75, 3.05) is 18.6 Å². The van der Waals surface area contributed by atoms with Crippen molar-refractivity contribution in [3.63, 3.8) is 0 Å². The van der Waals surface area contributed by atoms with Crippen LogP contribution in [-0.4, -0.2) is 55.3 Å². The van der Waals surface area contributed by atoms with Gasteiger partial charge in [0.1, 0.15) is 21.4 Å². The van der Waals surface area contributed by atoms with Crippen LogP contribution in [0.2, 0.25) is 0 Å². The first-order valence-corrected chi connectivity index (χ1v) is 8.82. The van der Waals surface area contributed by atoms with Crippen molar-refractivity contribution in [2.24, 2.45) is 5.92 Å². The van der Waals surface area contributed by atoms with Crippen molar-refractivity contribution in [1.82, 2.24) is 10.2 Å². The Kier molecular flexibility index (Phi) is 4.84. The summed E-state index contributed by atoms with van der Waals surface area (Å²) in [6, 6.07) is -0.532. The number of sulfone groups is 1. The molecule has 7 heteroatoms. The molecule has 6 nitrogen and oxygen atoms in total. The summed E-state index contributed by atoms with van der Waals surface area (Å²) in [4.78, 5) is 26.1. The van der Waals surface area contributed by atoms with Gasteiger partial charge in [-0.3, -0.25) is 9.59 Å². The molecule has 20 heavy (non-hydrogen) atoms. The normalized spacial score (nSPS) is 23.1. The molecule has 0 bridgehead atoms. The van der Waals surface area contributed by atoms with Gasteiger partial charge >= 0.3 is 0 Å². The minimum Gasteiger partial charge on any atom is -0.340 e. The summed E-state index contributed by atoms with van der Waals surface area (Å²) < 4.78 is 22.4. The van der Waals surface area contributed by atoms with Gasteiger partial charge in [0, 0.05) is 12.8 Å². The van der Waals surface area contributed by atoms with Gasteiger partial charge in [0.2, 0.25) is 11.8 Å². The lowest BCUT2D eigenvalue weighted by molar-refractivity contribution is -0.155. The predicted octanol–water partition coefficient (Wildman–Crippen LogP) is 0.183. The summed E-state index contributed by atoms with van der Waals surface area (Å²) in [6.45, 7) is 7.35. The van der Waals surface area contributed by atoms with Gasteiger partial charge in [0.15, 0.2) is 0 Å². The summed E-state index contributed by atoms with van der Waals surface area (Å²) in [5.41, 5.74) is -0.937. The number of hydrogen-bond donors (Lipinski definition) is 1. The van der Waals surface area contributed by atoms with Crippen molar-refractivity contribution in [1.29, 1.82) is 0 Å². The van der Waals surface area contributed by atoms with Crippen LogP contribution in [0.5, 0.6) is 0 Å². The van der Waals surface area contributed by atoms with E-state index in [0.29, 0.717) is 6.42 Å². The van der Waals surface area contributed by atoms with Gasteiger partial charge in [0.05, 0.1) is 5.75 Å². The highest BCUT2D eigenvalue weighted by molar-refractivity contribution is 7.90. The molecule has 1 atom stereocenters. The molecule has 1 saturated heterocycles. The van der Waals surface area contributed by atoms with Gasteiger partial charge < -0.3 is 10.2 Å². The first kappa shape index (κ1) is 16.9. The van der Waals surface area contributed by atoms with Crippen LogP contribution in [0.25, 0.3) is 0 Å². The summed E-state index contributed by atoms with van der Waals surface area (Å²) in [6.07, 6.45) is 1.51. The minimum absolute atomic E-state index is 0.0175. The first-order chi connectivity index (χ1) is 8.96. The van der Waals surface area contributed by atoms with Crippen LogP contribution in [0.4, 0.5) is 0 Å². The molecule has 0 saturated carbocycles. The van der Waals surface area contributed by atoms with Gasteiger partial charge in [-0.05, 0) is 26.2 Å². The molecule has 0 aliphatic carbocycles. The van der Waals surface area contributed by atoms with E-state index < -0.39 is 21.4 Å².